The fourth-order valence-corrected chi connectivity index (χ4v) is 9.05. The Hall–Kier alpha value is -6.78. The predicted octanol–water partition coefficient (Wildman–Crippen LogP) is 13.4. The summed E-state index contributed by atoms with van der Waals surface area (Å²) in [5.74, 6) is 0.721. The van der Waals surface area contributed by atoms with Crippen LogP contribution < -0.4 is 0 Å². The zero-order valence-electron chi connectivity index (χ0n) is 31.2. The minimum atomic E-state index is -0.206. The molecule has 0 amide bonds. The highest BCUT2D eigenvalue weighted by Crippen LogP contribution is 2.53. The van der Waals surface area contributed by atoms with Gasteiger partial charge in [0, 0.05) is 49.3 Å². The van der Waals surface area contributed by atoms with Gasteiger partial charge in [-0.2, -0.15) is 0 Å². The predicted molar refractivity (Wildman–Crippen MR) is 227 cm³/mol. The standard InChI is InChI=1S/C51H37N3O/c1-30-24-46(31(2)23-36(30)44-29-43(32-15-7-5-8-16-32)52-50(53-44)33-17-9-6-10-18-33)54-45-21-13-11-19-34(45)39-25-37-38-26-40-35-20-12-14-22-48(35)55-49(40)28-42(38)51(3,4)41(37)27-47(39)54/h5-29H,1-4H3. The Morgan fingerprint density at radius 3 is 1.89 bits per heavy atom. The Labute approximate surface area is 319 Å². The lowest BCUT2D eigenvalue weighted by atomic mass is 9.82. The molecule has 3 aromatic heterocycles. The third-order valence-electron chi connectivity index (χ3n) is 11.9. The molecule has 262 valence electrons. The molecule has 0 atom stereocenters. The van der Waals surface area contributed by atoms with E-state index in [-0.39, 0.29) is 5.41 Å². The van der Waals surface area contributed by atoms with Gasteiger partial charge in [0.2, 0.25) is 0 Å². The van der Waals surface area contributed by atoms with Crippen LogP contribution in [0.4, 0.5) is 0 Å². The lowest BCUT2D eigenvalue weighted by molar-refractivity contribution is 0.647. The Morgan fingerprint density at radius 2 is 1.11 bits per heavy atom. The van der Waals surface area contributed by atoms with Crippen LogP contribution in [0.1, 0.15) is 36.1 Å². The van der Waals surface area contributed by atoms with E-state index in [1.807, 2.05) is 30.3 Å². The Morgan fingerprint density at radius 1 is 0.473 bits per heavy atom. The van der Waals surface area contributed by atoms with Crippen LogP contribution in [0.2, 0.25) is 0 Å². The molecular weight excluding hydrogens is 671 g/mol. The van der Waals surface area contributed by atoms with Crippen molar-refractivity contribution < 1.29 is 4.42 Å². The average molecular weight is 708 g/mol. The van der Waals surface area contributed by atoms with Gasteiger partial charge in [-0.1, -0.05) is 111 Å². The van der Waals surface area contributed by atoms with Crippen LogP contribution >= 0.6 is 0 Å². The number of furan rings is 1. The average Bonchev–Trinajstić information content (AvgIpc) is 3.82. The quantitative estimate of drug-likeness (QED) is 0.183. The minimum Gasteiger partial charge on any atom is -0.456 e. The summed E-state index contributed by atoms with van der Waals surface area (Å²) < 4.78 is 8.85. The molecular formula is C51H37N3O. The monoisotopic (exact) mass is 707 g/mol. The van der Waals surface area contributed by atoms with E-state index in [0.29, 0.717) is 0 Å². The fraction of sp³-hybridized carbons (Fsp3) is 0.0980. The summed E-state index contributed by atoms with van der Waals surface area (Å²) >= 11 is 0. The number of nitrogens with zero attached hydrogens (tertiary/aromatic N) is 3. The normalized spacial score (nSPS) is 13.2. The minimum absolute atomic E-state index is 0.206. The highest BCUT2D eigenvalue weighted by molar-refractivity contribution is 6.13. The molecule has 4 nitrogen and oxygen atoms in total. The zero-order chi connectivity index (χ0) is 37.0. The molecule has 55 heavy (non-hydrogen) atoms. The van der Waals surface area contributed by atoms with Crippen LogP contribution in [0.5, 0.6) is 0 Å². The van der Waals surface area contributed by atoms with Gasteiger partial charge in [0.1, 0.15) is 11.2 Å². The molecule has 0 saturated carbocycles. The van der Waals surface area contributed by atoms with Crippen molar-refractivity contribution in [2.75, 3.05) is 0 Å². The Kier molecular flexibility index (Phi) is 6.69. The van der Waals surface area contributed by atoms with Crippen molar-refractivity contribution in [3.8, 4) is 50.7 Å². The molecule has 0 fully saturated rings. The number of hydrogen-bond donors (Lipinski definition) is 0. The molecule has 0 bridgehead atoms. The third-order valence-corrected chi connectivity index (χ3v) is 11.9. The molecule has 10 aromatic rings. The summed E-state index contributed by atoms with van der Waals surface area (Å²) in [5.41, 5.74) is 17.8. The van der Waals surface area contributed by atoms with Gasteiger partial charge in [0.15, 0.2) is 5.82 Å². The molecule has 0 radical (unpaired) electrons. The molecule has 0 saturated heterocycles. The van der Waals surface area contributed by atoms with Gasteiger partial charge in [-0.25, -0.2) is 9.97 Å². The van der Waals surface area contributed by atoms with Crippen molar-refractivity contribution in [1.29, 1.82) is 0 Å². The molecule has 0 aliphatic heterocycles. The van der Waals surface area contributed by atoms with Gasteiger partial charge >= 0.3 is 0 Å². The van der Waals surface area contributed by atoms with Crippen LogP contribution in [0.3, 0.4) is 0 Å². The van der Waals surface area contributed by atoms with E-state index in [0.717, 1.165) is 56.0 Å². The van der Waals surface area contributed by atoms with Crippen LogP contribution in [0.15, 0.2) is 156 Å². The number of hydrogen-bond acceptors (Lipinski definition) is 3. The van der Waals surface area contributed by atoms with Crippen molar-refractivity contribution in [2.24, 2.45) is 0 Å². The van der Waals surface area contributed by atoms with Crippen molar-refractivity contribution in [3.63, 3.8) is 0 Å². The number of rotatable bonds is 4. The van der Waals surface area contributed by atoms with E-state index in [9.17, 15) is 0 Å². The maximum atomic E-state index is 6.38. The number of benzene rings is 7. The van der Waals surface area contributed by atoms with Crippen LogP contribution in [-0.4, -0.2) is 14.5 Å². The number of aryl methyl sites for hydroxylation is 2. The second-order valence-electron chi connectivity index (χ2n) is 15.5. The summed E-state index contributed by atoms with van der Waals surface area (Å²) in [6.45, 7) is 9.13. The lowest BCUT2D eigenvalue weighted by Crippen LogP contribution is -2.15. The first-order chi connectivity index (χ1) is 26.8. The van der Waals surface area contributed by atoms with Gasteiger partial charge in [-0.05, 0) is 102 Å². The molecule has 1 aliphatic rings. The Bertz CT molecular complexity index is 3130. The molecule has 11 rings (SSSR count). The molecule has 3 heterocycles. The van der Waals surface area contributed by atoms with E-state index in [4.69, 9.17) is 14.4 Å². The first kappa shape index (κ1) is 31.7. The van der Waals surface area contributed by atoms with Crippen molar-refractivity contribution in [2.45, 2.75) is 33.1 Å². The molecule has 0 spiro atoms. The number of aromatic nitrogens is 3. The van der Waals surface area contributed by atoms with E-state index in [1.54, 1.807) is 0 Å². The third kappa shape index (κ3) is 4.71. The van der Waals surface area contributed by atoms with Crippen molar-refractivity contribution >= 4 is 43.7 Å². The van der Waals surface area contributed by atoms with Crippen molar-refractivity contribution in [3.05, 3.63) is 174 Å². The summed E-state index contributed by atoms with van der Waals surface area (Å²) in [4.78, 5) is 10.2. The summed E-state index contributed by atoms with van der Waals surface area (Å²) in [5, 5.41) is 4.83. The lowest BCUT2D eigenvalue weighted by Gasteiger charge is -2.22. The van der Waals surface area contributed by atoms with E-state index >= 15 is 0 Å². The van der Waals surface area contributed by atoms with E-state index in [1.165, 1.54) is 60.7 Å². The second kappa shape index (κ2) is 11.6. The van der Waals surface area contributed by atoms with Crippen LogP contribution in [0.25, 0.3) is 94.5 Å². The smallest absolute Gasteiger partial charge is 0.160 e. The largest absolute Gasteiger partial charge is 0.456 e. The Balaban J connectivity index is 1.10. The zero-order valence-corrected chi connectivity index (χ0v) is 31.2. The van der Waals surface area contributed by atoms with Gasteiger partial charge < -0.3 is 8.98 Å². The van der Waals surface area contributed by atoms with Crippen LogP contribution in [0, 0.1) is 13.8 Å². The summed E-state index contributed by atoms with van der Waals surface area (Å²) in [6, 6.07) is 54.2. The van der Waals surface area contributed by atoms with Gasteiger partial charge in [0.25, 0.3) is 0 Å². The van der Waals surface area contributed by atoms with Gasteiger partial charge in [-0.3, -0.25) is 0 Å². The highest BCUT2D eigenvalue weighted by Gasteiger charge is 2.37. The maximum Gasteiger partial charge on any atom is 0.160 e. The van der Waals surface area contributed by atoms with Gasteiger partial charge in [-0.15, -0.1) is 0 Å². The molecule has 0 N–H and O–H groups in total. The molecule has 1 aliphatic carbocycles. The fourth-order valence-electron chi connectivity index (χ4n) is 9.05. The second-order valence-corrected chi connectivity index (χ2v) is 15.5. The van der Waals surface area contributed by atoms with Crippen molar-refractivity contribution in [1.82, 2.24) is 14.5 Å². The number of fused-ring (bicyclic) bond motifs is 9. The first-order valence-corrected chi connectivity index (χ1v) is 19.0. The molecule has 0 unspecified atom stereocenters. The summed E-state index contributed by atoms with van der Waals surface area (Å²) in [7, 11) is 0. The van der Waals surface area contributed by atoms with E-state index < -0.39 is 0 Å². The van der Waals surface area contributed by atoms with E-state index in [2.05, 4.69) is 154 Å². The van der Waals surface area contributed by atoms with Crippen LogP contribution in [-0.2, 0) is 5.41 Å². The topological polar surface area (TPSA) is 43.9 Å². The first-order valence-electron chi connectivity index (χ1n) is 19.0. The highest BCUT2D eigenvalue weighted by atomic mass is 16.3. The SMILES string of the molecule is Cc1cc(-n2c3ccccc3c3cc4c(cc32)C(C)(C)c2cc3oc5ccccc5c3cc2-4)c(C)cc1-c1cc(-c2ccccc2)nc(-c2ccccc2)n1. The molecule has 4 heteroatoms. The maximum absolute atomic E-state index is 6.38. The van der Waals surface area contributed by atoms with Gasteiger partial charge in [0.05, 0.1) is 22.4 Å². The molecule has 7 aromatic carbocycles. The number of para-hydroxylation sites is 2. The summed E-state index contributed by atoms with van der Waals surface area (Å²) in [6.07, 6.45) is 0.